The van der Waals surface area contributed by atoms with E-state index in [1.807, 2.05) is 0 Å². The van der Waals surface area contributed by atoms with Crippen LogP contribution < -0.4 is 28.7 Å². The van der Waals surface area contributed by atoms with E-state index >= 15 is 0 Å². The van der Waals surface area contributed by atoms with Gasteiger partial charge in [0, 0.05) is 6.07 Å². The third-order valence-corrected chi connectivity index (χ3v) is 1.68. The average Bonchev–Trinajstić information content (AvgIpc) is 2.02. The minimum atomic E-state index is -1.38. The molecule has 0 saturated carbocycles. The van der Waals surface area contributed by atoms with Gasteiger partial charge in [0.15, 0.2) is 0 Å². The molecule has 5 nitrogen and oxygen atoms in total. The molecule has 76 valence electrons. The third-order valence-electron chi connectivity index (χ3n) is 1.68. The Bertz CT molecular complexity index is 374. The number of hydrogen-bond acceptors (Lipinski definition) is 4. The molecule has 0 aliphatic carbocycles. The van der Waals surface area contributed by atoms with Crippen LogP contribution in [0.15, 0.2) is 12.3 Å². The number of aromatic carboxylic acids is 1. The minimum Gasteiger partial charge on any atom is -0.711 e. The third kappa shape index (κ3) is 3.22. The summed E-state index contributed by atoms with van der Waals surface area (Å²) in [7, 11) is 0. The molecule has 1 rings (SSSR count). The van der Waals surface area contributed by atoms with E-state index in [9.17, 15) is 15.1 Å². The summed E-state index contributed by atoms with van der Waals surface area (Å²) in [6.07, 6.45) is 1.12. The molecule has 0 aliphatic heterocycles. The maximum Gasteiger partial charge on any atom is 1.00 e. The first kappa shape index (κ1) is 13.9. The fourth-order valence-electron chi connectivity index (χ4n) is 1.02. The first-order valence-corrected chi connectivity index (χ1v) is 4.14. The van der Waals surface area contributed by atoms with Gasteiger partial charge in [0.2, 0.25) is 5.69 Å². The molecule has 0 radical (unpaired) electrons. The van der Waals surface area contributed by atoms with E-state index < -0.39 is 11.4 Å². The Morgan fingerprint density at radius 1 is 1.47 bits per heavy atom. The first-order chi connectivity index (χ1) is 6.32. The number of aromatic nitrogens is 2. The number of nitrogens with zero attached hydrogens (tertiary/aromatic N) is 2. The Hall–Kier alpha value is -1.05. The number of carbonyl (C=O) groups excluding carboxylic acids is 1. The van der Waals surface area contributed by atoms with Crippen molar-refractivity contribution in [1.82, 2.24) is 4.98 Å². The summed E-state index contributed by atoms with van der Waals surface area (Å²) in [6, 6.07) is 1.12. The van der Waals surface area contributed by atoms with Crippen molar-refractivity contribution in [2.75, 3.05) is 0 Å². The van der Waals surface area contributed by atoms with E-state index in [0.29, 0.717) is 4.73 Å². The van der Waals surface area contributed by atoms with Crippen LogP contribution in [0.25, 0.3) is 0 Å². The maximum absolute atomic E-state index is 11.3. The molecule has 0 atom stereocenters. The van der Waals surface area contributed by atoms with Gasteiger partial charge >= 0.3 is 24.7 Å². The molecule has 1 aromatic heterocycles. The van der Waals surface area contributed by atoms with E-state index in [1.165, 1.54) is 0 Å². The smallest absolute Gasteiger partial charge is 0.711 e. The Kier molecular flexibility index (Phi) is 4.32. The molecule has 6 heteroatoms. The standard InChI is InChI=1S/C9H12N2O3.Li/c1-9(2,3)8-10-6(7(12)13)4-5-11(8)14;/h4-5H,1-3H3,(H,12,13);/q;+1/p-1. The molecule has 0 saturated heterocycles. The molecular weight excluding hydrogens is 191 g/mol. The second-order valence-corrected chi connectivity index (χ2v) is 4.00. The summed E-state index contributed by atoms with van der Waals surface area (Å²) in [5, 5.41) is 21.8. The van der Waals surface area contributed by atoms with Gasteiger partial charge in [-0.3, -0.25) is 0 Å². The number of carboxylic acid groups (broad SMARTS) is 1. The molecule has 15 heavy (non-hydrogen) atoms. The second kappa shape index (κ2) is 4.64. The van der Waals surface area contributed by atoms with Gasteiger partial charge in [-0.2, -0.15) is 0 Å². The van der Waals surface area contributed by atoms with E-state index in [-0.39, 0.29) is 30.4 Å². The van der Waals surface area contributed by atoms with Gasteiger partial charge in [-0.15, -0.1) is 0 Å². The number of rotatable bonds is 1. The van der Waals surface area contributed by atoms with Crippen LogP contribution >= 0.6 is 0 Å². The van der Waals surface area contributed by atoms with Gasteiger partial charge < -0.3 is 15.1 Å². The SMILES string of the molecule is CC(C)(C)c1nc(C(=O)[O-])cc[n+]1[O-].[Li+]. The summed E-state index contributed by atoms with van der Waals surface area (Å²) in [4.78, 5) is 14.2. The summed E-state index contributed by atoms with van der Waals surface area (Å²) in [6.45, 7) is 5.34. The van der Waals surface area contributed by atoms with Crippen molar-refractivity contribution in [3.8, 4) is 0 Å². The van der Waals surface area contributed by atoms with Gasteiger partial charge in [-0.25, -0.2) is 4.73 Å². The van der Waals surface area contributed by atoms with Crippen LogP contribution in [-0.4, -0.2) is 11.0 Å². The molecule has 0 aliphatic rings. The fourth-order valence-corrected chi connectivity index (χ4v) is 1.02. The van der Waals surface area contributed by atoms with Crippen molar-refractivity contribution >= 4 is 5.97 Å². The summed E-state index contributed by atoms with van der Waals surface area (Å²) in [5.74, 6) is -1.21. The van der Waals surface area contributed by atoms with Crippen molar-refractivity contribution < 1.29 is 33.5 Å². The topological polar surface area (TPSA) is 80.0 Å². The molecule has 1 heterocycles. The second-order valence-electron chi connectivity index (χ2n) is 4.00. The van der Waals surface area contributed by atoms with Gasteiger partial charge in [0.05, 0.1) is 11.6 Å². The summed E-state index contributed by atoms with van der Waals surface area (Å²) < 4.78 is 0.562. The molecule has 0 unspecified atom stereocenters. The maximum atomic E-state index is 11.3. The van der Waals surface area contributed by atoms with E-state index in [0.717, 1.165) is 12.3 Å². The van der Waals surface area contributed by atoms with Gasteiger partial charge in [-0.1, -0.05) is 0 Å². The Morgan fingerprint density at radius 3 is 2.40 bits per heavy atom. The van der Waals surface area contributed by atoms with Crippen molar-refractivity contribution in [2.24, 2.45) is 0 Å². The van der Waals surface area contributed by atoms with Gasteiger partial charge in [0.25, 0.3) is 0 Å². The summed E-state index contributed by atoms with van der Waals surface area (Å²) in [5.41, 5.74) is -0.713. The minimum absolute atomic E-state index is 0. The number of carboxylic acids is 1. The largest absolute Gasteiger partial charge is 1.00 e. The molecule has 0 amide bonds. The Labute approximate surface area is 99.9 Å². The van der Waals surface area contributed by atoms with Crippen LogP contribution in [0.5, 0.6) is 0 Å². The molecule has 0 N–H and O–H groups in total. The average molecular weight is 202 g/mol. The van der Waals surface area contributed by atoms with Gasteiger partial charge in [-0.05, 0) is 25.8 Å². The fraction of sp³-hybridized carbons (Fsp3) is 0.444. The summed E-state index contributed by atoms with van der Waals surface area (Å²) >= 11 is 0. The molecule has 0 fully saturated rings. The van der Waals surface area contributed by atoms with Crippen molar-refractivity contribution in [2.45, 2.75) is 26.2 Å². The molecule has 0 bridgehead atoms. The zero-order valence-corrected chi connectivity index (χ0v) is 9.27. The Morgan fingerprint density at radius 2 is 2.00 bits per heavy atom. The van der Waals surface area contributed by atoms with Crippen molar-refractivity contribution in [1.29, 1.82) is 0 Å². The zero-order chi connectivity index (χ0) is 10.9. The van der Waals surface area contributed by atoms with Crippen LogP contribution in [0.2, 0.25) is 0 Å². The van der Waals surface area contributed by atoms with Crippen LogP contribution in [0, 0.1) is 5.21 Å². The predicted molar refractivity (Wildman–Crippen MR) is 46.2 cm³/mol. The van der Waals surface area contributed by atoms with Crippen LogP contribution in [0.1, 0.15) is 37.1 Å². The van der Waals surface area contributed by atoms with Crippen LogP contribution in [0.3, 0.4) is 0 Å². The molecular formula is C9H11LiN2O3. The van der Waals surface area contributed by atoms with Gasteiger partial charge in [0.1, 0.15) is 5.97 Å². The van der Waals surface area contributed by atoms with E-state index in [2.05, 4.69) is 4.98 Å². The van der Waals surface area contributed by atoms with Crippen LogP contribution in [-0.2, 0) is 5.41 Å². The van der Waals surface area contributed by atoms with Crippen LogP contribution in [0.4, 0.5) is 0 Å². The molecule has 0 aromatic carbocycles. The van der Waals surface area contributed by atoms with Crippen molar-refractivity contribution in [3.05, 3.63) is 29.0 Å². The van der Waals surface area contributed by atoms with E-state index in [1.54, 1.807) is 20.8 Å². The normalized spacial score (nSPS) is 10.6. The number of carbonyl (C=O) groups is 1. The molecule has 1 aromatic rings. The van der Waals surface area contributed by atoms with E-state index in [4.69, 9.17) is 0 Å². The molecule has 0 spiro atoms. The predicted octanol–water partition coefficient (Wildman–Crippen LogP) is -3.62. The zero-order valence-electron chi connectivity index (χ0n) is 9.27. The quantitative estimate of drug-likeness (QED) is 0.267. The van der Waals surface area contributed by atoms with Crippen molar-refractivity contribution in [3.63, 3.8) is 0 Å². The Balaban J connectivity index is 0.00000196. The first-order valence-electron chi connectivity index (χ1n) is 4.14. The monoisotopic (exact) mass is 202 g/mol. The number of hydrogen-bond donors (Lipinski definition) is 0.